The monoisotopic (exact) mass is 128 g/mol. The fourth-order valence-corrected chi connectivity index (χ4v) is 0.502. The second kappa shape index (κ2) is 2.39. The minimum atomic E-state index is 0.553. The summed E-state index contributed by atoms with van der Waals surface area (Å²) in [6.45, 7) is 0. The average Bonchev–Trinajstić information content (AvgIpc) is 2.34. The second-order valence-electron chi connectivity index (χ2n) is 1.44. The molecule has 50 valence electrons. The van der Waals surface area contributed by atoms with E-state index >= 15 is 0 Å². The van der Waals surface area contributed by atoms with Crippen LogP contribution in [0.1, 0.15) is 0 Å². The summed E-state index contributed by atoms with van der Waals surface area (Å²) in [5, 5.41) is 3.82. The van der Waals surface area contributed by atoms with Crippen LogP contribution < -0.4 is 9.57 Å². The first-order chi connectivity index (χ1) is 4.36. The molecule has 0 saturated heterocycles. The van der Waals surface area contributed by atoms with Gasteiger partial charge in [-0.3, -0.25) is 0 Å². The maximum Gasteiger partial charge on any atom is 0.236 e. The highest BCUT2D eigenvalue weighted by Crippen LogP contribution is 2.01. The third-order valence-electron chi connectivity index (χ3n) is 0.938. The predicted octanol–water partition coefficient (Wildman–Crippen LogP) is -0.0499. The van der Waals surface area contributed by atoms with Crippen LogP contribution in [-0.2, 0) is 0 Å². The molecule has 0 aliphatic carbocycles. The Labute approximate surface area is 52.9 Å². The molecule has 4 nitrogen and oxygen atoms in total. The molecule has 1 rings (SSSR count). The summed E-state index contributed by atoms with van der Waals surface area (Å²) >= 11 is 0. The number of methoxy groups -OCH3 is 1. The molecule has 0 aliphatic heterocycles. The van der Waals surface area contributed by atoms with E-state index in [0.717, 1.165) is 0 Å². The van der Waals surface area contributed by atoms with E-state index in [2.05, 4.69) is 5.10 Å². The lowest BCUT2D eigenvalue weighted by Crippen LogP contribution is -2.05. The smallest absolute Gasteiger partial charge is 0.236 e. The van der Waals surface area contributed by atoms with Crippen LogP contribution in [0.5, 0.6) is 5.88 Å². The topological polar surface area (TPSA) is 36.3 Å². The van der Waals surface area contributed by atoms with E-state index in [1.165, 1.54) is 12.0 Å². The zero-order chi connectivity index (χ0) is 6.69. The van der Waals surface area contributed by atoms with Crippen molar-refractivity contribution in [3.8, 4) is 5.88 Å². The van der Waals surface area contributed by atoms with Crippen LogP contribution in [0, 0.1) is 0 Å². The highest BCUT2D eigenvalue weighted by Gasteiger charge is 1.93. The van der Waals surface area contributed by atoms with Crippen molar-refractivity contribution < 1.29 is 9.57 Å². The second-order valence-corrected chi connectivity index (χ2v) is 1.44. The van der Waals surface area contributed by atoms with Crippen LogP contribution in [0.25, 0.3) is 0 Å². The lowest BCUT2D eigenvalue weighted by molar-refractivity contribution is 0.130. The fraction of sp³-hybridized carbons (Fsp3) is 0.400. The summed E-state index contributed by atoms with van der Waals surface area (Å²) < 4.78 is 4.78. The predicted molar refractivity (Wildman–Crippen MR) is 31.3 cm³/mol. The third kappa shape index (κ3) is 1.13. The van der Waals surface area contributed by atoms with Gasteiger partial charge in [-0.2, -0.15) is 0 Å². The fourth-order valence-electron chi connectivity index (χ4n) is 0.502. The lowest BCUT2D eigenvalue weighted by Gasteiger charge is -1.93. The van der Waals surface area contributed by atoms with Gasteiger partial charge in [-0.05, 0) is 0 Å². The van der Waals surface area contributed by atoms with Crippen LogP contribution >= 0.6 is 0 Å². The maximum absolute atomic E-state index is 4.78. The Balaban J connectivity index is 2.74. The van der Waals surface area contributed by atoms with Gasteiger partial charge in [0.15, 0.2) is 0 Å². The standard InChI is InChI=1S/C5H8N2O2/c1-8-5-3-4-7(6-5)9-2/h3-4H,1-2H3. The summed E-state index contributed by atoms with van der Waals surface area (Å²) in [6, 6.07) is 1.71. The number of rotatable bonds is 2. The molecule has 0 unspecified atom stereocenters. The Morgan fingerprint density at radius 2 is 2.33 bits per heavy atom. The van der Waals surface area contributed by atoms with Crippen LogP contribution in [0.4, 0.5) is 0 Å². The molecule has 1 aromatic heterocycles. The Bertz CT molecular complexity index is 166. The van der Waals surface area contributed by atoms with Crippen LogP contribution in [0.15, 0.2) is 12.3 Å². The number of nitrogens with zero attached hydrogens (tertiary/aromatic N) is 2. The average molecular weight is 128 g/mol. The molecule has 0 radical (unpaired) electrons. The Kier molecular flexibility index (Phi) is 1.58. The van der Waals surface area contributed by atoms with E-state index in [1.807, 2.05) is 0 Å². The molecule has 0 N–H and O–H groups in total. The number of aromatic nitrogens is 2. The normalized spacial score (nSPS) is 9.11. The van der Waals surface area contributed by atoms with Gasteiger partial charge in [0.1, 0.15) is 7.11 Å². The molecule has 0 spiro atoms. The van der Waals surface area contributed by atoms with Crippen molar-refractivity contribution in [3.63, 3.8) is 0 Å². The van der Waals surface area contributed by atoms with Gasteiger partial charge in [-0.15, -0.1) is 4.85 Å². The number of hydrogen-bond acceptors (Lipinski definition) is 3. The van der Waals surface area contributed by atoms with E-state index < -0.39 is 0 Å². The zero-order valence-corrected chi connectivity index (χ0v) is 5.37. The molecule has 1 heterocycles. The minimum absolute atomic E-state index is 0.553. The Morgan fingerprint density at radius 1 is 1.56 bits per heavy atom. The molecule has 0 bridgehead atoms. The summed E-state index contributed by atoms with van der Waals surface area (Å²) in [5.74, 6) is 0.553. The zero-order valence-electron chi connectivity index (χ0n) is 5.37. The Hall–Kier alpha value is -1.19. The van der Waals surface area contributed by atoms with Gasteiger partial charge >= 0.3 is 0 Å². The van der Waals surface area contributed by atoms with Crippen molar-refractivity contribution in [1.29, 1.82) is 0 Å². The van der Waals surface area contributed by atoms with Gasteiger partial charge in [-0.25, -0.2) is 0 Å². The molecule has 0 aliphatic rings. The van der Waals surface area contributed by atoms with Crippen molar-refractivity contribution in [2.75, 3.05) is 14.2 Å². The van der Waals surface area contributed by atoms with Crippen molar-refractivity contribution in [1.82, 2.24) is 9.94 Å². The molecule has 4 heteroatoms. The first-order valence-electron chi connectivity index (χ1n) is 2.51. The lowest BCUT2D eigenvalue weighted by atomic mass is 10.7. The SMILES string of the molecule is COc1ccn(OC)n1. The van der Waals surface area contributed by atoms with Crippen molar-refractivity contribution >= 4 is 0 Å². The molecule has 0 atom stereocenters. The molecule has 9 heavy (non-hydrogen) atoms. The van der Waals surface area contributed by atoms with Crippen LogP contribution in [0.2, 0.25) is 0 Å². The highest BCUT2D eigenvalue weighted by atomic mass is 16.7. The van der Waals surface area contributed by atoms with Gasteiger partial charge in [-0.1, -0.05) is 5.10 Å². The summed E-state index contributed by atoms with van der Waals surface area (Å²) in [7, 11) is 3.09. The van der Waals surface area contributed by atoms with E-state index in [-0.39, 0.29) is 0 Å². The van der Waals surface area contributed by atoms with Gasteiger partial charge in [0.25, 0.3) is 0 Å². The molecule has 0 fully saturated rings. The molecular weight excluding hydrogens is 120 g/mol. The van der Waals surface area contributed by atoms with Crippen LogP contribution in [-0.4, -0.2) is 24.2 Å². The van der Waals surface area contributed by atoms with E-state index in [9.17, 15) is 0 Å². The van der Waals surface area contributed by atoms with Crippen molar-refractivity contribution in [2.45, 2.75) is 0 Å². The van der Waals surface area contributed by atoms with Crippen LogP contribution in [0.3, 0.4) is 0 Å². The highest BCUT2D eigenvalue weighted by molar-refractivity contribution is 5.04. The van der Waals surface area contributed by atoms with E-state index in [1.54, 1.807) is 19.4 Å². The summed E-state index contributed by atoms with van der Waals surface area (Å²) in [6.07, 6.45) is 1.67. The van der Waals surface area contributed by atoms with Crippen molar-refractivity contribution in [2.24, 2.45) is 0 Å². The van der Waals surface area contributed by atoms with Gasteiger partial charge in [0.2, 0.25) is 5.88 Å². The first kappa shape index (κ1) is 5.94. The maximum atomic E-state index is 4.78. The minimum Gasteiger partial charge on any atom is -0.480 e. The van der Waals surface area contributed by atoms with E-state index in [4.69, 9.17) is 9.57 Å². The largest absolute Gasteiger partial charge is 0.480 e. The third-order valence-corrected chi connectivity index (χ3v) is 0.938. The quantitative estimate of drug-likeness (QED) is 0.560. The summed E-state index contributed by atoms with van der Waals surface area (Å²) in [5.41, 5.74) is 0. The summed E-state index contributed by atoms with van der Waals surface area (Å²) in [4.78, 5) is 6.04. The Morgan fingerprint density at radius 3 is 2.67 bits per heavy atom. The van der Waals surface area contributed by atoms with Gasteiger partial charge in [0, 0.05) is 6.07 Å². The number of hydrogen-bond donors (Lipinski definition) is 0. The first-order valence-corrected chi connectivity index (χ1v) is 2.51. The number of ether oxygens (including phenoxy) is 1. The van der Waals surface area contributed by atoms with Gasteiger partial charge in [0.05, 0.1) is 13.3 Å². The molecular formula is C5H8N2O2. The molecule has 0 aromatic carbocycles. The van der Waals surface area contributed by atoms with E-state index in [0.29, 0.717) is 5.88 Å². The molecule has 0 saturated carbocycles. The van der Waals surface area contributed by atoms with Crippen molar-refractivity contribution in [3.05, 3.63) is 12.3 Å². The van der Waals surface area contributed by atoms with Gasteiger partial charge < -0.3 is 9.57 Å². The molecule has 1 aromatic rings. The molecule has 0 amide bonds.